The molecule has 0 aliphatic heterocycles. The van der Waals surface area contributed by atoms with E-state index in [9.17, 15) is 0 Å². The molecular weight excluding hydrogens is 128 g/mol. The molecule has 2 heteroatoms. The fourth-order valence-corrected chi connectivity index (χ4v) is 1.20. The molecule has 0 aliphatic rings. The highest BCUT2D eigenvalue weighted by Crippen LogP contribution is 1.94. The van der Waals surface area contributed by atoms with Crippen LogP contribution in [0, 0.1) is 0 Å². The van der Waals surface area contributed by atoms with Crippen molar-refractivity contribution in [1.82, 2.24) is 0 Å². The first kappa shape index (κ1) is 8.92. The SMILES string of the molecule is CCCCC=C[SiH](C)O. The molecule has 1 unspecified atom stereocenters. The maximum atomic E-state index is 8.90. The maximum Gasteiger partial charge on any atom is 0.193 e. The van der Waals surface area contributed by atoms with E-state index in [1.165, 1.54) is 12.8 Å². The molecule has 0 saturated carbocycles. The minimum atomic E-state index is -1.39. The summed E-state index contributed by atoms with van der Waals surface area (Å²) in [6, 6.07) is 0. The molecule has 54 valence electrons. The second kappa shape index (κ2) is 6.04. The Hall–Kier alpha value is -0.0831. The van der Waals surface area contributed by atoms with Gasteiger partial charge in [0, 0.05) is 0 Å². The second-order valence-electron chi connectivity index (χ2n) is 2.31. The molecule has 0 aromatic carbocycles. The number of hydrogen-bond donors (Lipinski definition) is 1. The quantitative estimate of drug-likeness (QED) is 0.469. The zero-order valence-electron chi connectivity index (χ0n) is 6.30. The van der Waals surface area contributed by atoms with E-state index >= 15 is 0 Å². The van der Waals surface area contributed by atoms with Gasteiger partial charge < -0.3 is 4.80 Å². The third-order valence-corrected chi connectivity index (χ3v) is 1.97. The van der Waals surface area contributed by atoms with Gasteiger partial charge in [0.05, 0.1) is 0 Å². The largest absolute Gasteiger partial charge is 0.431 e. The van der Waals surface area contributed by atoms with E-state index in [-0.39, 0.29) is 0 Å². The fraction of sp³-hybridized carbons (Fsp3) is 0.714. The molecular formula is C7H16OSi. The summed E-state index contributed by atoms with van der Waals surface area (Å²) in [6.07, 6.45) is 5.72. The normalized spacial score (nSPS) is 14.6. The minimum Gasteiger partial charge on any atom is -0.431 e. The molecule has 0 rings (SSSR count). The lowest BCUT2D eigenvalue weighted by atomic mass is 10.2. The molecule has 0 saturated heterocycles. The summed E-state index contributed by atoms with van der Waals surface area (Å²) in [5.74, 6) is 0. The summed E-state index contributed by atoms with van der Waals surface area (Å²) in [5.41, 5.74) is 1.97. The van der Waals surface area contributed by atoms with Gasteiger partial charge in [0.2, 0.25) is 0 Å². The van der Waals surface area contributed by atoms with E-state index in [1.54, 1.807) is 0 Å². The van der Waals surface area contributed by atoms with Crippen LogP contribution < -0.4 is 0 Å². The first-order chi connectivity index (χ1) is 4.27. The van der Waals surface area contributed by atoms with Crippen molar-refractivity contribution >= 4 is 9.04 Å². The summed E-state index contributed by atoms with van der Waals surface area (Å²) in [6.45, 7) is 4.08. The molecule has 1 atom stereocenters. The van der Waals surface area contributed by atoms with Crippen molar-refractivity contribution in [3.8, 4) is 0 Å². The van der Waals surface area contributed by atoms with Crippen molar-refractivity contribution in [3.63, 3.8) is 0 Å². The lowest BCUT2D eigenvalue weighted by Gasteiger charge is -1.90. The number of unbranched alkanes of at least 4 members (excludes halogenated alkanes) is 2. The van der Waals surface area contributed by atoms with Crippen LogP contribution in [-0.2, 0) is 0 Å². The van der Waals surface area contributed by atoms with Crippen LogP contribution in [0.3, 0.4) is 0 Å². The van der Waals surface area contributed by atoms with Crippen LogP contribution in [0.1, 0.15) is 26.2 Å². The molecule has 1 nitrogen and oxygen atoms in total. The predicted octanol–water partition coefficient (Wildman–Crippen LogP) is 1.62. The van der Waals surface area contributed by atoms with E-state index in [4.69, 9.17) is 4.80 Å². The monoisotopic (exact) mass is 144 g/mol. The molecule has 0 bridgehead atoms. The van der Waals surface area contributed by atoms with Crippen LogP contribution in [-0.4, -0.2) is 13.8 Å². The standard InChI is InChI=1S/C7H16OSi/c1-3-4-5-6-7-9(2)8/h6-9H,3-5H2,1-2H3. The van der Waals surface area contributed by atoms with Gasteiger partial charge in [-0.25, -0.2) is 0 Å². The Morgan fingerprint density at radius 2 is 2.22 bits per heavy atom. The third kappa shape index (κ3) is 7.92. The molecule has 0 heterocycles. The van der Waals surface area contributed by atoms with E-state index in [1.807, 2.05) is 12.2 Å². The van der Waals surface area contributed by atoms with Crippen molar-refractivity contribution in [2.45, 2.75) is 32.7 Å². The number of rotatable bonds is 4. The van der Waals surface area contributed by atoms with Gasteiger partial charge in [-0.15, -0.1) is 0 Å². The molecule has 0 fully saturated rings. The Bertz CT molecular complexity index is 79.0. The Morgan fingerprint density at radius 3 is 2.67 bits per heavy atom. The smallest absolute Gasteiger partial charge is 0.193 e. The Labute approximate surface area is 59.1 Å². The van der Waals surface area contributed by atoms with Gasteiger partial charge in [0.15, 0.2) is 9.04 Å². The summed E-state index contributed by atoms with van der Waals surface area (Å²) < 4.78 is 0. The Balaban J connectivity index is 3.04. The zero-order valence-corrected chi connectivity index (χ0v) is 7.46. The van der Waals surface area contributed by atoms with Crippen LogP contribution in [0.15, 0.2) is 11.8 Å². The summed E-state index contributed by atoms with van der Waals surface area (Å²) in [5, 5.41) is 0. The molecule has 1 N–H and O–H groups in total. The van der Waals surface area contributed by atoms with Gasteiger partial charge in [-0.1, -0.05) is 31.5 Å². The van der Waals surface area contributed by atoms with Crippen molar-refractivity contribution < 1.29 is 4.80 Å². The zero-order chi connectivity index (χ0) is 7.11. The van der Waals surface area contributed by atoms with Crippen LogP contribution in [0.4, 0.5) is 0 Å². The Morgan fingerprint density at radius 1 is 1.56 bits per heavy atom. The van der Waals surface area contributed by atoms with Crippen LogP contribution in [0.5, 0.6) is 0 Å². The molecule has 0 radical (unpaired) electrons. The van der Waals surface area contributed by atoms with Gasteiger partial charge >= 0.3 is 0 Å². The molecule has 0 spiro atoms. The summed E-state index contributed by atoms with van der Waals surface area (Å²) in [7, 11) is -1.39. The maximum absolute atomic E-state index is 8.90. The van der Waals surface area contributed by atoms with Crippen LogP contribution >= 0.6 is 0 Å². The Kier molecular flexibility index (Phi) is 5.99. The average Bonchev–Trinajstić information content (AvgIpc) is 1.80. The van der Waals surface area contributed by atoms with Gasteiger partial charge in [-0.05, 0) is 13.0 Å². The van der Waals surface area contributed by atoms with Crippen molar-refractivity contribution in [3.05, 3.63) is 11.8 Å². The van der Waals surface area contributed by atoms with E-state index in [0.717, 1.165) is 6.42 Å². The number of hydrogen-bond acceptors (Lipinski definition) is 1. The molecule has 0 aliphatic carbocycles. The van der Waals surface area contributed by atoms with E-state index < -0.39 is 9.04 Å². The third-order valence-electron chi connectivity index (χ3n) is 1.14. The molecule has 0 amide bonds. The number of allylic oxidation sites excluding steroid dienone is 1. The fourth-order valence-electron chi connectivity index (χ4n) is 0.615. The predicted molar refractivity (Wildman–Crippen MR) is 43.9 cm³/mol. The molecule has 0 aromatic heterocycles. The highest BCUT2D eigenvalue weighted by Gasteiger charge is 1.86. The topological polar surface area (TPSA) is 20.2 Å². The van der Waals surface area contributed by atoms with Crippen LogP contribution in [0.25, 0.3) is 0 Å². The average molecular weight is 144 g/mol. The van der Waals surface area contributed by atoms with E-state index in [2.05, 4.69) is 13.0 Å². The lowest BCUT2D eigenvalue weighted by Crippen LogP contribution is -1.98. The van der Waals surface area contributed by atoms with Gasteiger partial charge in [-0.2, -0.15) is 0 Å². The van der Waals surface area contributed by atoms with Gasteiger partial charge in [0.25, 0.3) is 0 Å². The summed E-state index contributed by atoms with van der Waals surface area (Å²) in [4.78, 5) is 8.90. The first-order valence-corrected chi connectivity index (χ1v) is 5.96. The van der Waals surface area contributed by atoms with Crippen molar-refractivity contribution in [2.24, 2.45) is 0 Å². The summed E-state index contributed by atoms with van der Waals surface area (Å²) >= 11 is 0. The first-order valence-electron chi connectivity index (χ1n) is 3.62. The van der Waals surface area contributed by atoms with Gasteiger partial charge in [0.1, 0.15) is 0 Å². The lowest BCUT2D eigenvalue weighted by molar-refractivity contribution is 0.592. The molecule has 0 aromatic rings. The highest BCUT2D eigenvalue weighted by atomic mass is 28.3. The van der Waals surface area contributed by atoms with E-state index in [0.29, 0.717) is 0 Å². The van der Waals surface area contributed by atoms with Crippen LogP contribution in [0.2, 0.25) is 6.55 Å². The van der Waals surface area contributed by atoms with Crippen molar-refractivity contribution in [1.29, 1.82) is 0 Å². The molecule has 9 heavy (non-hydrogen) atoms. The second-order valence-corrected chi connectivity index (χ2v) is 4.18. The van der Waals surface area contributed by atoms with Gasteiger partial charge in [-0.3, -0.25) is 0 Å². The minimum absolute atomic E-state index is 1.13. The highest BCUT2D eigenvalue weighted by molar-refractivity contribution is 6.54. The van der Waals surface area contributed by atoms with Crippen molar-refractivity contribution in [2.75, 3.05) is 0 Å².